The summed E-state index contributed by atoms with van der Waals surface area (Å²) in [6.45, 7) is 1.82. The summed E-state index contributed by atoms with van der Waals surface area (Å²) in [6.07, 6.45) is 7.27. The number of rotatable bonds is 4. The summed E-state index contributed by atoms with van der Waals surface area (Å²) in [4.78, 5) is 22.1. The Labute approximate surface area is 157 Å². The summed E-state index contributed by atoms with van der Waals surface area (Å²) in [7, 11) is 1.60. The fourth-order valence-electron chi connectivity index (χ4n) is 3.58. The molecule has 1 fully saturated rings. The van der Waals surface area contributed by atoms with E-state index in [9.17, 15) is 4.79 Å². The molecule has 7 heteroatoms. The normalized spacial score (nSPS) is 14.9. The Bertz CT molecular complexity index is 917. The van der Waals surface area contributed by atoms with E-state index in [-0.39, 0.29) is 12.1 Å². The molecule has 3 aromatic rings. The van der Waals surface area contributed by atoms with Gasteiger partial charge in [0, 0.05) is 54.3 Å². The predicted octanol–water partition coefficient (Wildman–Crippen LogP) is 3.36. The van der Waals surface area contributed by atoms with Crippen LogP contribution in [0, 0.1) is 0 Å². The third-order valence-corrected chi connectivity index (χ3v) is 5.01. The molecule has 2 aromatic heterocycles. The van der Waals surface area contributed by atoms with Crippen LogP contribution >= 0.6 is 0 Å². The van der Waals surface area contributed by atoms with Crippen LogP contribution in [0.15, 0.2) is 48.9 Å². The molecule has 1 aliphatic heterocycles. The topological polar surface area (TPSA) is 82.3 Å². The Hall–Kier alpha value is -3.22. The fraction of sp³-hybridized carbons (Fsp3) is 0.300. The highest BCUT2D eigenvalue weighted by Gasteiger charge is 2.21. The van der Waals surface area contributed by atoms with Crippen LogP contribution < -0.4 is 20.3 Å². The second kappa shape index (κ2) is 7.57. The van der Waals surface area contributed by atoms with Crippen LogP contribution in [0.3, 0.4) is 0 Å². The molecule has 0 atom stereocenters. The quantitative estimate of drug-likeness (QED) is 0.662. The number of pyridine rings is 1. The summed E-state index contributed by atoms with van der Waals surface area (Å²) in [6, 6.07) is 9.70. The molecule has 3 heterocycles. The van der Waals surface area contributed by atoms with Crippen LogP contribution in [0.25, 0.3) is 10.9 Å². The standard InChI is InChI=1S/C20H23N5O2/c1-27-18-3-2-17-16(6-11-22-17)19(18)24-20(26)23-14-7-12-25(13-8-14)15-4-9-21-10-5-15/h2-6,9-11,14,22H,7-8,12-13H2,1H3,(H2,23,24,26). The molecule has 27 heavy (non-hydrogen) atoms. The van der Waals surface area contributed by atoms with Crippen molar-refractivity contribution in [1.29, 1.82) is 0 Å². The molecule has 0 radical (unpaired) electrons. The highest BCUT2D eigenvalue weighted by molar-refractivity contribution is 6.03. The smallest absolute Gasteiger partial charge is 0.319 e. The van der Waals surface area contributed by atoms with Gasteiger partial charge in [0.05, 0.1) is 12.8 Å². The van der Waals surface area contributed by atoms with Crippen molar-refractivity contribution in [3.8, 4) is 5.75 Å². The number of fused-ring (bicyclic) bond motifs is 1. The summed E-state index contributed by atoms with van der Waals surface area (Å²) >= 11 is 0. The van der Waals surface area contributed by atoms with Gasteiger partial charge in [0.1, 0.15) is 5.75 Å². The highest BCUT2D eigenvalue weighted by atomic mass is 16.5. The zero-order chi connectivity index (χ0) is 18.6. The van der Waals surface area contributed by atoms with Crippen LogP contribution in [0.1, 0.15) is 12.8 Å². The summed E-state index contributed by atoms with van der Waals surface area (Å²) < 4.78 is 5.41. The molecule has 7 nitrogen and oxygen atoms in total. The number of aromatic nitrogens is 2. The second-order valence-electron chi connectivity index (χ2n) is 6.65. The van der Waals surface area contributed by atoms with E-state index in [1.807, 2.05) is 48.9 Å². The van der Waals surface area contributed by atoms with Gasteiger partial charge >= 0.3 is 6.03 Å². The molecule has 1 saturated heterocycles. The fourth-order valence-corrected chi connectivity index (χ4v) is 3.58. The number of hydrogen-bond donors (Lipinski definition) is 3. The number of carbonyl (C=O) groups excluding carboxylic acids is 1. The van der Waals surface area contributed by atoms with Gasteiger partial charge in [0.15, 0.2) is 0 Å². The second-order valence-corrected chi connectivity index (χ2v) is 6.65. The number of nitrogens with one attached hydrogen (secondary N) is 3. The van der Waals surface area contributed by atoms with E-state index in [4.69, 9.17) is 4.74 Å². The molecular weight excluding hydrogens is 342 g/mol. The molecule has 0 unspecified atom stereocenters. The molecule has 1 aromatic carbocycles. The van der Waals surface area contributed by atoms with Crippen LogP contribution in [-0.2, 0) is 0 Å². The van der Waals surface area contributed by atoms with Gasteiger partial charge in [-0.3, -0.25) is 4.98 Å². The van der Waals surface area contributed by atoms with E-state index in [1.165, 1.54) is 5.69 Å². The zero-order valence-electron chi connectivity index (χ0n) is 15.2. The molecule has 3 N–H and O–H groups in total. The number of H-pyrrole nitrogens is 1. The Balaban J connectivity index is 1.38. The van der Waals surface area contributed by atoms with Crippen LogP contribution in [-0.4, -0.2) is 42.2 Å². The number of piperidine rings is 1. The van der Waals surface area contributed by atoms with Crippen LogP contribution in [0.5, 0.6) is 5.75 Å². The monoisotopic (exact) mass is 365 g/mol. The van der Waals surface area contributed by atoms with Gasteiger partial charge in [-0.05, 0) is 43.2 Å². The lowest BCUT2D eigenvalue weighted by Gasteiger charge is -2.33. The Morgan fingerprint density at radius 3 is 2.70 bits per heavy atom. The van der Waals surface area contributed by atoms with Crippen molar-refractivity contribution in [2.45, 2.75) is 18.9 Å². The van der Waals surface area contributed by atoms with Gasteiger partial charge in [-0.15, -0.1) is 0 Å². The average molecular weight is 365 g/mol. The largest absolute Gasteiger partial charge is 0.495 e. The van der Waals surface area contributed by atoms with E-state index in [0.29, 0.717) is 11.4 Å². The third kappa shape index (κ3) is 3.67. The Morgan fingerprint density at radius 2 is 1.96 bits per heavy atom. The Kier molecular flexibility index (Phi) is 4.82. The van der Waals surface area contributed by atoms with E-state index in [2.05, 4.69) is 25.5 Å². The van der Waals surface area contributed by atoms with Crippen molar-refractivity contribution in [2.75, 3.05) is 30.4 Å². The number of hydrogen-bond acceptors (Lipinski definition) is 4. The average Bonchev–Trinajstić information content (AvgIpc) is 3.19. The maximum absolute atomic E-state index is 12.6. The molecule has 2 amide bonds. The molecule has 140 valence electrons. The summed E-state index contributed by atoms with van der Waals surface area (Å²) in [5, 5.41) is 6.98. The number of carbonyl (C=O) groups is 1. The zero-order valence-corrected chi connectivity index (χ0v) is 15.2. The SMILES string of the molecule is COc1ccc2[nH]ccc2c1NC(=O)NC1CCN(c2ccncc2)CC1. The molecule has 0 bridgehead atoms. The van der Waals surface area contributed by atoms with Crippen molar-refractivity contribution in [3.05, 3.63) is 48.9 Å². The maximum atomic E-state index is 12.6. The minimum atomic E-state index is -0.204. The van der Waals surface area contributed by atoms with Gasteiger partial charge in [-0.25, -0.2) is 4.79 Å². The van der Waals surface area contributed by atoms with Crippen molar-refractivity contribution in [3.63, 3.8) is 0 Å². The lowest BCUT2D eigenvalue weighted by molar-refractivity contribution is 0.246. The number of amides is 2. The van der Waals surface area contributed by atoms with Crippen LogP contribution in [0.4, 0.5) is 16.2 Å². The van der Waals surface area contributed by atoms with Gasteiger partial charge in [-0.2, -0.15) is 0 Å². The third-order valence-electron chi connectivity index (χ3n) is 5.01. The first-order valence-corrected chi connectivity index (χ1v) is 9.11. The number of ether oxygens (including phenoxy) is 1. The van der Waals surface area contributed by atoms with Crippen molar-refractivity contribution >= 4 is 28.3 Å². The van der Waals surface area contributed by atoms with Gasteiger partial charge in [0.25, 0.3) is 0 Å². The van der Waals surface area contributed by atoms with Gasteiger partial charge in [0.2, 0.25) is 0 Å². The number of methoxy groups -OCH3 is 1. The lowest BCUT2D eigenvalue weighted by atomic mass is 10.0. The number of urea groups is 1. The van der Waals surface area contributed by atoms with Crippen molar-refractivity contribution in [1.82, 2.24) is 15.3 Å². The Morgan fingerprint density at radius 1 is 1.19 bits per heavy atom. The van der Waals surface area contributed by atoms with Gasteiger partial charge < -0.3 is 25.3 Å². The summed E-state index contributed by atoms with van der Waals surface area (Å²) in [5.41, 5.74) is 2.82. The van der Waals surface area contributed by atoms with Crippen molar-refractivity contribution in [2.24, 2.45) is 0 Å². The van der Waals surface area contributed by atoms with E-state index >= 15 is 0 Å². The lowest BCUT2D eigenvalue weighted by Crippen LogP contribution is -2.46. The number of benzene rings is 1. The first-order valence-electron chi connectivity index (χ1n) is 9.11. The molecular formula is C20H23N5O2. The van der Waals surface area contributed by atoms with E-state index in [0.717, 1.165) is 36.8 Å². The first kappa shape index (κ1) is 17.2. The number of nitrogens with zero attached hydrogens (tertiary/aromatic N) is 2. The maximum Gasteiger partial charge on any atom is 0.319 e. The minimum Gasteiger partial charge on any atom is -0.495 e. The number of aromatic amines is 1. The predicted molar refractivity (Wildman–Crippen MR) is 106 cm³/mol. The molecule has 0 saturated carbocycles. The van der Waals surface area contributed by atoms with E-state index < -0.39 is 0 Å². The minimum absolute atomic E-state index is 0.152. The van der Waals surface area contributed by atoms with Crippen LogP contribution in [0.2, 0.25) is 0 Å². The first-order chi connectivity index (χ1) is 13.2. The van der Waals surface area contributed by atoms with E-state index in [1.54, 1.807) is 7.11 Å². The van der Waals surface area contributed by atoms with Crippen molar-refractivity contribution < 1.29 is 9.53 Å². The summed E-state index contributed by atoms with van der Waals surface area (Å²) in [5.74, 6) is 0.643. The highest BCUT2D eigenvalue weighted by Crippen LogP contribution is 2.32. The van der Waals surface area contributed by atoms with Gasteiger partial charge in [-0.1, -0.05) is 0 Å². The molecule has 0 aliphatic carbocycles. The molecule has 0 spiro atoms. The molecule has 4 rings (SSSR count). The number of anilines is 2. The molecule has 1 aliphatic rings.